The van der Waals surface area contributed by atoms with E-state index in [0.717, 1.165) is 27.3 Å². The van der Waals surface area contributed by atoms with E-state index < -0.39 is 5.91 Å². The van der Waals surface area contributed by atoms with Crippen LogP contribution in [0.25, 0.3) is 20.8 Å². The highest BCUT2D eigenvalue weighted by molar-refractivity contribution is 7.21. The quantitative estimate of drug-likeness (QED) is 0.302. The second-order valence-corrected chi connectivity index (χ2v) is 8.24. The highest BCUT2D eigenvalue weighted by atomic mass is 32.1. The average Bonchev–Trinajstić information content (AvgIpc) is 3.18. The Morgan fingerprint density at radius 3 is 2.52 bits per heavy atom. The van der Waals surface area contributed by atoms with Gasteiger partial charge in [0.15, 0.2) is 0 Å². The van der Waals surface area contributed by atoms with Gasteiger partial charge in [-0.15, -0.1) is 11.3 Å². The molecule has 1 heterocycles. The first kappa shape index (κ1) is 20.3. The molecule has 31 heavy (non-hydrogen) atoms. The van der Waals surface area contributed by atoms with Crippen LogP contribution in [0, 0.1) is 25.2 Å². The SMILES string of the molecule is Cc1cccc(NC(=O)/C(C#N)=C\Nc2ccc(-c3nc4ccc(C)cc4s3)cc2)c1. The number of aromatic nitrogens is 1. The first-order valence-corrected chi connectivity index (χ1v) is 10.6. The van der Waals surface area contributed by atoms with Crippen LogP contribution in [0.1, 0.15) is 11.1 Å². The number of hydrogen-bond acceptors (Lipinski definition) is 5. The predicted molar refractivity (Wildman–Crippen MR) is 127 cm³/mol. The van der Waals surface area contributed by atoms with Crippen molar-refractivity contribution in [2.45, 2.75) is 13.8 Å². The smallest absolute Gasteiger partial charge is 0.267 e. The molecule has 5 nitrogen and oxygen atoms in total. The van der Waals surface area contributed by atoms with Gasteiger partial charge in [0.25, 0.3) is 5.91 Å². The van der Waals surface area contributed by atoms with E-state index in [0.29, 0.717) is 5.69 Å². The summed E-state index contributed by atoms with van der Waals surface area (Å²) >= 11 is 1.66. The lowest BCUT2D eigenvalue weighted by Crippen LogP contribution is -2.14. The Morgan fingerprint density at radius 2 is 1.77 bits per heavy atom. The van der Waals surface area contributed by atoms with Crippen molar-refractivity contribution in [3.05, 3.63) is 89.6 Å². The Hall–Kier alpha value is -3.95. The fourth-order valence-corrected chi connectivity index (χ4v) is 4.16. The van der Waals surface area contributed by atoms with Crippen LogP contribution in [-0.4, -0.2) is 10.9 Å². The van der Waals surface area contributed by atoms with Gasteiger partial charge in [-0.05, 0) is 73.5 Å². The van der Waals surface area contributed by atoms with E-state index in [4.69, 9.17) is 4.98 Å². The van der Waals surface area contributed by atoms with Crippen LogP contribution in [0.5, 0.6) is 0 Å². The van der Waals surface area contributed by atoms with E-state index in [1.165, 1.54) is 16.5 Å². The van der Waals surface area contributed by atoms with Gasteiger partial charge in [-0.2, -0.15) is 5.26 Å². The molecule has 0 unspecified atom stereocenters. The molecule has 0 radical (unpaired) electrons. The molecule has 2 N–H and O–H groups in total. The van der Waals surface area contributed by atoms with Crippen molar-refractivity contribution >= 4 is 38.8 Å². The molecule has 3 aromatic carbocycles. The normalized spacial score (nSPS) is 11.2. The summed E-state index contributed by atoms with van der Waals surface area (Å²) in [6, 6.07) is 23.4. The Morgan fingerprint density at radius 1 is 1.00 bits per heavy atom. The second kappa shape index (κ2) is 8.82. The number of fused-ring (bicyclic) bond motifs is 1. The molecule has 1 amide bonds. The van der Waals surface area contributed by atoms with Gasteiger partial charge in [-0.3, -0.25) is 4.79 Å². The summed E-state index contributed by atoms with van der Waals surface area (Å²) in [5.74, 6) is -0.456. The number of thiazole rings is 1. The third kappa shape index (κ3) is 4.80. The molecule has 4 aromatic rings. The van der Waals surface area contributed by atoms with Gasteiger partial charge in [-0.1, -0.05) is 18.2 Å². The number of nitriles is 1. The van der Waals surface area contributed by atoms with Crippen molar-refractivity contribution in [2.24, 2.45) is 0 Å². The maximum atomic E-state index is 12.4. The van der Waals surface area contributed by atoms with Crippen molar-refractivity contribution in [2.75, 3.05) is 10.6 Å². The van der Waals surface area contributed by atoms with Crippen molar-refractivity contribution in [3.8, 4) is 16.6 Å². The molecular weight excluding hydrogens is 404 g/mol. The molecular formula is C25H20N4OS. The van der Waals surface area contributed by atoms with Crippen LogP contribution in [0.4, 0.5) is 11.4 Å². The standard InChI is InChI=1S/C25H20N4OS/c1-16-4-3-5-21(12-16)28-24(30)19(14-26)15-27-20-9-7-18(8-10-20)25-29-22-11-6-17(2)13-23(22)31-25/h3-13,15,27H,1-2H3,(H,28,30)/b19-15-. The monoisotopic (exact) mass is 424 g/mol. The average molecular weight is 425 g/mol. The number of nitrogens with one attached hydrogen (secondary N) is 2. The van der Waals surface area contributed by atoms with Crippen LogP contribution >= 0.6 is 11.3 Å². The summed E-state index contributed by atoms with van der Waals surface area (Å²) in [6.45, 7) is 4.01. The summed E-state index contributed by atoms with van der Waals surface area (Å²) in [4.78, 5) is 17.1. The van der Waals surface area contributed by atoms with Gasteiger partial charge in [0.2, 0.25) is 0 Å². The van der Waals surface area contributed by atoms with Crippen LogP contribution in [0.3, 0.4) is 0 Å². The highest BCUT2D eigenvalue weighted by Gasteiger charge is 2.10. The van der Waals surface area contributed by atoms with E-state index >= 15 is 0 Å². The Balaban J connectivity index is 1.46. The van der Waals surface area contributed by atoms with Crippen LogP contribution in [0.15, 0.2) is 78.5 Å². The Labute approximate surface area is 184 Å². The first-order chi connectivity index (χ1) is 15.0. The molecule has 0 atom stereocenters. The topological polar surface area (TPSA) is 77.8 Å². The number of hydrogen-bond donors (Lipinski definition) is 2. The lowest BCUT2D eigenvalue weighted by molar-refractivity contribution is -0.112. The van der Waals surface area contributed by atoms with Crippen molar-refractivity contribution in [1.82, 2.24) is 4.98 Å². The number of amides is 1. The maximum absolute atomic E-state index is 12.4. The largest absolute Gasteiger partial charge is 0.360 e. The van der Waals surface area contributed by atoms with E-state index in [-0.39, 0.29) is 5.57 Å². The first-order valence-electron chi connectivity index (χ1n) is 9.74. The summed E-state index contributed by atoms with van der Waals surface area (Å²) < 4.78 is 1.17. The minimum atomic E-state index is -0.456. The van der Waals surface area contributed by atoms with E-state index in [1.54, 1.807) is 17.4 Å². The van der Waals surface area contributed by atoms with Crippen LogP contribution in [0.2, 0.25) is 0 Å². The van der Waals surface area contributed by atoms with Gasteiger partial charge in [-0.25, -0.2) is 4.98 Å². The number of aryl methyl sites for hydroxylation is 2. The minimum Gasteiger partial charge on any atom is -0.360 e. The van der Waals surface area contributed by atoms with Gasteiger partial charge in [0, 0.05) is 23.1 Å². The summed E-state index contributed by atoms with van der Waals surface area (Å²) in [5.41, 5.74) is 5.68. The molecule has 0 aliphatic rings. The van der Waals surface area contributed by atoms with E-state index in [9.17, 15) is 10.1 Å². The number of rotatable bonds is 5. The van der Waals surface area contributed by atoms with Crippen LogP contribution < -0.4 is 10.6 Å². The third-order valence-corrected chi connectivity index (χ3v) is 5.77. The van der Waals surface area contributed by atoms with Crippen molar-refractivity contribution < 1.29 is 4.79 Å². The zero-order chi connectivity index (χ0) is 21.8. The van der Waals surface area contributed by atoms with Crippen molar-refractivity contribution in [3.63, 3.8) is 0 Å². The predicted octanol–water partition coefficient (Wildman–Crippen LogP) is 6.04. The molecule has 152 valence electrons. The number of nitrogens with zero attached hydrogens (tertiary/aromatic N) is 2. The maximum Gasteiger partial charge on any atom is 0.267 e. The van der Waals surface area contributed by atoms with Gasteiger partial charge < -0.3 is 10.6 Å². The second-order valence-electron chi connectivity index (χ2n) is 7.21. The molecule has 6 heteroatoms. The van der Waals surface area contributed by atoms with Gasteiger partial charge >= 0.3 is 0 Å². The molecule has 1 aromatic heterocycles. The fraction of sp³-hybridized carbons (Fsp3) is 0.0800. The van der Waals surface area contributed by atoms with Gasteiger partial charge in [0.1, 0.15) is 16.6 Å². The number of benzene rings is 3. The number of carbonyl (C=O) groups is 1. The molecule has 0 saturated carbocycles. The van der Waals surface area contributed by atoms with E-state index in [2.05, 4.69) is 29.7 Å². The van der Waals surface area contributed by atoms with Crippen LogP contribution in [-0.2, 0) is 4.79 Å². The molecule has 0 saturated heterocycles. The lowest BCUT2D eigenvalue weighted by Gasteiger charge is -2.06. The highest BCUT2D eigenvalue weighted by Crippen LogP contribution is 2.31. The lowest BCUT2D eigenvalue weighted by atomic mass is 10.2. The Bertz CT molecular complexity index is 1330. The minimum absolute atomic E-state index is 0.00729. The zero-order valence-corrected chi connectivity index (χ0v) is 18.0. The number of carbonyl (C=O) groups excluding carboxylic acids is 1. The van der Waals surface area contributed by atoms with E-state index in [1.807, 2.05) is 61.5 Å². The molecule has 0 bridgehead atoms. The molecule has 0 fully saturated rings. The fourth-order valence-electron chi connectivity index (χ4n) is 3.09. The zero-order valence-electron chi connectivity index (χ0n) is 17.1. The van der Waals surface area contributed by atoms with Gasteiger partial charge in [0.05, 0.1) is 10.2 Å². The summed E-state index contributed by atoms with van der Waals surface area (Å²) in [5, 5.41) is 16.1. The third-order valence-electron chi connectivity index (χ3n) is 4.70. The summed E-state index contributed by atoms with van der Waals surface area (Å²) in [6.07, 6.45) is 1.42. The molecule has 4 rings (SSSR count). The van der Waals surface area contributed by atoms with Crippen molar-refractivity contribution in [1.29, 1.82) is 5.26 Å². The Kier molecular flexibility index (Phi) is 5.78. The molecule has 0 spiro atoms. The summed E-state index contributed by atoms with van der Waals surface area (Å²) in [7, 11) is 0. The molecule has 0 aliphatic carbocycles. The number of anilines is 2. The molecule has 0 aliphatic heterocycles.